The molecule has 0 nitrogen and oxygen atoms in total. The smallest absolute Gasteiger partial charge is 1.00 e. The van der Waals surface area contributed by atoms with E-state index in [9.17, 15) is 0 Å². The van der Waals surface area contributed by atoms with Crippen molar-refractivity contribution in [2.75, 3.05) is 0 Å². The van der Waals surface area contributed by atoms with Gasteiger partial charge in [0.05, 0.1) is 0 Å². The van der Waals surface area contributed by atoms with Crippen molar-refractivity contribution in [2.24, 2.45) is 0 Å². The summed E-state index contributed by atoms with van der Waals surface area (Å²) in [5, 5.41) is 5.48. The van der Waals surface area contributed by atoms with Crippen molar-refractivity contribution in [1.82, 2.24) is 0 Å². The van der Waals surface area contributed by atoms with Crippen molar-refractivity contribution >= 4 is 27.0 Å². The summed E-state index contributed by atoms with van der Waals surface area (Å²) in [6, 6.07) is 46.2. The Hall–Kier alpha value is -3.78. The van der Waals surface area contributed by atoms with Gasteiger partial charge < -0.3 is 24.8 Å². The van der Waals surface area contributed by atoms with Gasteiger partial charge in [-0.2, -0.15) is 12.1 Å². The van der Waals surface area contributed by atoms with E-state index in [4.69, 9.17) is 0 Å². The largest absolute Gasteiger partial charge is 1.00 e. The van der Waals surface area contributed by atoms with E-state index >= 15 is 0 Å². The third kappa shape index (κ3) is 11.8. The second-order valence-electron chi connectivity index (χ2n) is 16.9. The molecule has 0 radical (unpaired) electrons. The van der Waals surface area contributed by atoms with Gasteiger partial charge in [0.25, 0.3) is 0 Å². The number of benzene rings is 6. The van der Waals surface area contributed by atoms with Crippen LogP contribution in [0, 0.1) is 55.4 Å². The summed E-state index contributed by atoms with van der Waals surface area (Å²) in [5.41, 5.74) is 24.2. The molecule has 8 rings (SSSR count). The maximum Gasteiger partial charge on any atom is -1.00 e. The molecule has 0 aromatic heterocycles. The van der Waals surface area contributed by atoms with Crippen LogP contribution >= 0.6 is 0 Å². The van der Waals surface area contributed by atoms with Gasteiger partial charge in [0.15, 0.2) is 0 Å². The molecule has 0 N–H and O–H groups in total. The first-order valence-electron chi connectivity index (χ1n) is 20.9. The van der Waals surface area contributed by atoms with E-state index in [2.05, 4.69) is 204 Å². The van der Waals surface area contributed by atoms with E-state index in [1.165, 1.54) is 122 Å². The van der Waals surface area contributed by atoms with Gasteiger partial charge >= 0.3 is 41.9 Å². The first-order valence-corrected chi connectivity index (χ1v) is 27.1. The number of hydrogen-bond acceptors (Lipinski definition) is 0. The summed E-state index contributed by atoms with van der Waals surface area (Å²) in [5.74, 6) is 0. The molecule has 60 heavy (non-hydrogen) atoms. The third-order valence-electron chi connectivity index (χ3n) is 10.8. The molecule has 0 unspecified atom stereocenters. The Morgan fingerprint density at radius 1 is 0.383 bits per heavy atom. The Labute approximate surface area is 388 Å². The summed E-state index contributed by atoms with van der Waals surface area (Å²) in [6.07, 6.45) is 2.13. The van der Waals surface area contributed by atoms with Crippen LogP contribution in [0.3, 0.4) is 0 Å². The van der Waals surface area contributed by atoms with Crippen LogP contribution in [0.2, 0.25) is 13.1 Å². The molecule has 0 spiro atoms. The Kier molecular flexibility index (Phi) is 17.4. The van der Waals surface area contributed by atoms with E-state index in [1.54, 1.807) is 23.3 Å². The number of rotatable bonds is 6. The normalized spacial score (nSPS) is 10.6. The summed E-state index contributed by atoms with van der Waals surface area (Å²) in [4.78, 5) is 0. The molecular weight excluding hydrogens is 863 g/mol. The van der Waals surface area contributed by atoms with Crippen molar-refractivity contribution in [3.05, 3.63) is 177 Å². The molecule has 0 amide bonds. The zero-order valence-electron chi connectivity index (χ0n) is 37.7. The molecule has 0 atom stereocenters. The molecule has 4 heteroatoms. The monoisotopic (exact) mass is 920 g/mol. The van der Waals surface area contributed by atoms with Crippen molar-refractivity contribution < 1.29 is 48.1 Å². The molecule has 0 heterocycles. The topological polar surface area (TPSA) is 0 Å². The molecule has 0 saturated carbocycles. The second kappa shape index (κ2) is 21.3. The van der Waals surface area contributed by atoms with Crippen LogP contribution in [0.4, 0.5) is 0 Å². The molecule has 0 aliphatic heterocycles. The zero-order chi connectivity index (χ0) is 41.8. The van der Waals surface area contributed by atoms with Gasteiger partial charge in [0.1, 0.15) is 0 Å². The van der Waals surface area contributed by atoms with Gasteiger partial charge in [-0.05, 0) is 79.4 Å². The molecule has 308 valence electrons. The molecule has 0 saturated heterocycles. The molecule has 0 aliphatic rings. The van der Waals surface area contributed by atoms with E-state index in [0.717, 1.165) is 12.8 Å². The fourth-order valence-corrected chi connectivity index (χ4v) is 8.66. The predicted molar refractivity (Wildman–Crippen MR) is 255 cm³/mol. The van der Waals surface area contributed by atoms with Gasteiger partial charge in [0, 0.05) is 0 Å². The average Bonchev–Trinajstić information content (AvgIpc) is 3.78. The van der Waals surface area contributed by atoms with E-state index in [-0.39, 0.29) is 30.2 Å². The van der Waals surface area contributed by atoms with E-state index < -0.39 is 0 Å². The van der Waals surface area contributed by atoms with Crippen molar-refractivity contribution in [2.45, 2.75) is 95.2 Å². The zero-order valence-corrected chi connectivity index (χ0v) is 42.7. The standard InChI is InChI=1S/2C27H27.C2H6Si.2ClH.Zr/c2*1-6-21-15-26-24(22-11-17(2)9-18(3)12-22)7-8-25(27(26)16-21)23-13-19(4)10-20(5)14-23;1-3-2;;;/h2*7-16H,6H2,1-5H3;1-2H3;2*1H;/q2*-1;;;;+2/p-2. The van der Waals surface area contributed by atoms with Crippen LogP contribution in [0.5, 0.6) is 0 Å². The third-order valence-corrected chi connectivity index (χ3v) is 10.8. The first-order chi connectivity index (χ1) is 27.6. The van der Waals surface area contributed by atoms with E-state index in [0.29, 0.717) is 0 Å². The van der Waals surface area contributed by atoms with Crippen LogP contribution in [0.25, 0.3) is 66.1 Å². The van der Waals surface area contributed by atoms with Gasteiger partial charge in [-0.3, -0.25) is 0 Å². The summed E-state index contributed by atoms with van der Waals surface area (Å²) in [6.45, 7) is 26.5. The van der Waals surface area contributed by atoms with Crippen LogP contribution in [0.1, 0.15) is 69.5 Å². The van der Waals surface area contributed by atoms with Crippen molar-refractivity contribution in [3.63, 3.8) is 0 Å². The number of fused-ring (bicyclic) bond motifs is 2. The molecule has 0 bridgehead atoms. The molecular formula is C56H60Cl2SiZr-2. The van der Waals surface area contributed by atoms with Crippen molar-refractivity contribution in [3.8, 4) is 44.5 Å². The Bertz CT molecular complexity index is 2330. The summed E-state index contributed by atoms with van der Waals surface area (Å²) < 4.78 is 0. The van der Waals surface area contributed by atoms with Crippen LogP contribution < -0.4 is 24.8 Å². The first kappa shape index (κ1) is 48.9. The Morgan fingerprint density at radius 3 is 0.833 bits per heavy atom. The average molecular weight is 923 g/mol. The Balaban J connectivity index is 0.000000236. The van der Waals surface area contributed by atoms with Gasteiger partial charge in [0.2, 0.25) is 0 Å². The number of hydrogen-bond donors (Lipinski definition) is 0. The molecule has 0 fully saturated rings. The SMILES string of the molecule is CCc1cc2c(-c3cc(C)cc(C)c3)ccc(-c3cc(C)cc(C)c3)c2[cH-]1.CCc1cc2c(-c3cc(C)cc(C)c3)ccc(-c3cc(C)cc(C)c3)c2[cH-]1.C[Si](C)=[Zr+2].[Cl-].[Cl-]. The van der Waals surface area contributed by atoms with Crippen LogP contribution in [-0.2, 0) is 36.2 Å². The minimum atomic E-state index is 0. The minimum absolute atomic E-state index is 0. The summed E-state index contributed by atoms with van der Waals surface area (Å²) in [7, 11) is 0. The van der Waals surface area contributed by atoms with Gasteiger partial charge in [-0.1, -0.05) is 189 Å². The van der Waals surface area contributed by atoms with Gasteiger partial charge in [-0.25, -0.2) is 0 Å². The van der Waals surface area contributed by atoms with Crippen molar-refractivity contribution in [1.29, 1.82) is 0 Å². The maximum atomic E-state index is 2.38. The van der Waals surface area contributed by atoms with E-state index in [1.807, 2.05) is 0 Å². The quantitative estimate of drug-likeness (QED) is 0.115. The molecule has 8 aromatic rings. The predicted octanol–water partition coefficient (Wildman–Crippen LogP) is 10.2. The minimum Gasteiger partial charge on any atom is -1.00 e. The van der Waals surface area contributed by atoms with Crippen LogP contribution in [-0.4, -0.2) is 5.43 Å². The molecule has 8 aromatic carbocycles. The van der Waals surface area contributed by atoms with Gasteiger partial charge in [-0.15, -0.1) is 44.8 Å². The maximum absolute atomic E-state index is 2.38. The number of aryl methyl sites for hydroxylation is 10. The summed E-state index contributed by atoms with van der Waals surface area (Å²) >= 11 is 1.74. The number of halogens is 2. The fraction of sp³-hybridized carbons (Fsp3) is 0.250. The van der Waals surface area contributed by atoms with Crippen LogP contribution in [0.15, 0.2) is 121 Å². The second-order valence-corrected chi connectivity index (χ2v) is 26.3. The fourth-order valence-electron chi connectivity index (χ4n) is 8.66. The Morgan fingerprint density at radius 2 is 0.600 bits per heavy atom. The molecule has 0 aliphatic carbocycles.